The molecule has 6 nitrogen and oxygen atoms in total. The fourth-order valence-electron chi connectivity index (χ4n) is 3.50. The molecule has 29 heavy (non-hydrogen) atoms. The summed E-state index contributed by atoms with van der Waals surface area (Å²) in [5.41, 5.74) is 2.49. The summed E-state index contributed by atoms with van der Waals surface area (Å²) in [6, 6.07) is 14.4. The van der Waals surface area contributed by atoms with Crippen molar-refractivity contribution in [2.75, 3.05) is 12.4 Å². The van der Waals surface area contributed by atoms with E-state index in [1.165, 1.54) is 13.3 Å². The Balaban J connectivity index is 1.59. The first-order valence-electron chi connectivity index (χ1n) is 9.14. The molecule has 0 saturated heterocycles. The molecule has 146 valence electrons. The van der Waals surface area contributed by atoms with Crippen LogP contribution in [0.25, 0.3) is 0 Å². The molecule has 0 bridgehead atoms. The van der Waals surface area contributed by atoms with E-state index in [9.17, 15) is 9.59 Å². The summed E-state index contributed by atoms with van der Waals surface area (Å²) in [5.74, 6) is 0.203. The molecule has 1 N–H and O–H groups in total. The number of benzene rings is 2. The maximum Gasteiger partial charge on any atom is 0.261 e. The Bertz CT molecular complexity index is 1100. The van der Waals surface area contributed by atoms with E-state index < -0.39 is 0 Å². The van der Waals surface area contributed by atoms with E-state index in [4.69, 9.17) is 16.3 Å². The molecule has 0 aliphatic heterocycles. The molecule has 0 saturated carbocycles. The van der Waals surface area contributed by atoms with Crippen LogP contribution >= 0.6 is 11.6 Å². The maximum absolute atomic E-state index is 12.6. The number of hydrogen-bond donors (Lipinski definition) is 1. The van der Waals surface area contributed by atoms with Gasteiger partial charge in [-0.3, -0.25) is 14.9 Å². The molecule has 1 atom stereocenters. The van der Waals surface area contributed by atoms with Gasteiger partial charge in [0.2, 0.25) is 5.95 Å². The molecular weight excluding hydrogens is 390 g/mol. The lowest BCUT2D eigenvalue weighted by Crippen LogP contribution is -2.22. The van der Waals surface area contributed by atoms with Crippen molar-refractivity contribution in [2.45, 2.75) is 18.8 Å². The van der Waals surface area contributed by atoms with E-state index in [0.29, 0.717) is 40.4 Å². The van der Waals surface area contributed by atoms with Crippen molar-refractivity contribution in [3.8, 4) is 5.75 Å². The molecule has 4 rings (SSSR count). The summed E-state index contributed by atoms with van der Waals surface area (Å²) in [7, 11) is 1.50. The summed E-state index contributed by atoms with van der Waals surface area (Å²) in [5, 5.41) is 3.32. The van der Waals surface area contributed by atoms with Crippen LogP contribution in [0.3, 0.4) is 0 Å². The molecule has 1 aliphatic rings. The van der Waals surface area contributed by atoms with E-state index in [1.54, 1.807) is 30.3 Å². The Kier molecular flexibility index (Phi) is 5.27. The zero-order chi connectivity index (χ0) is 20.4. The van der Waals surface area contributed by atoms with Gasteiger partial charge in [-0.25, -0.2) is 9.97 Å². The Morgan fingerprint density at radius 1 is 1.17 bits per heavy atom. The smallest absolute Gasteiger partial charge is 0.261 e. The summed E-state index contributed by atoms with van der Waals surface area (Å²) in [6.07, 6.45) is 2.43. The number of anilines is 1. The van der Waals surface area contributed by atoms with E-state index in [2.05, 4.69) is 15.3 Å². The zero-order valence-electron chi connectivity index (χ0n) is 15.7. The first kappa shape index (κ1) is 19.1. The maximum atomic E-state index is 12.6. The average Bonchev–Trinajstić information content (AvgIpc) is 2.73. The van der Waals surface area contributed by atoms with Crippen LogP contribution in [0.2, 0.25) is 5.02 Å². The Hall–Kier alpha value is -3.25. The SMILES string of the molecule is COc1ccccc1C(=O)Nc1ncc2c(n1)CC(c1cccc(Cl)c1)CC2=O. The Morgan fingerprint density at radius 3 is 2.79 bits per heavy atom. The lowest BCUT2D eigenvalue weighted by atomic mass is 9.82. The molecule has 1 unspecified atom stereocenters. The van der Waals surface area contributed by atoms with Gasteiger partial charge in [0.25, 0.3) is 5.91 Å². The van der Waals surface area contributed by atoms with Crippen LogP contribution in [-0.2, 0) is 6.42 Å². The minimum atomic E-state index is -0.379. The van der Waals surface area contributed by atoms with Crippen molar-refractivity contribution in [1.82, 2.24) is 9.97 Å². The van der Waals surface area contributed by atoms with Gasteiger partial charge in [0, 0.05) is 17.6 Å². The van der Waals surface area contributed by atoms with Crippen LogP contribution in [0.1, 0.15) is 44.3 Å². The molecule has 1 aromatic heterocycles. The standard InChI is InChI=1S/C22H18ClN3O3/c1-29-20-8-3-2-7-16(20)21(28)26-22-24-12-17-18(25-22)10-14(11-19(17)27)13-5-4-6-15(23)9-13/h2-9,12,14H,10-11H2,1H3,(H,24,25,26,28). The third-order valence-electron chi connectivity index (χ3n) is 4.94. The van der Waals surface area contributed by atoms with Gasteiger partial charge >= 0.3 is 0 Å². The van der Waals surface area contributed by atoms with Gasteiger partial charge < -0.3 is 4.74 Å². The van der Waals surface area contributed by atoms with E-state index >= 15 is 0 Å². The van der Waals surface area contributed by atoms with Crippen molar-refractivity contribution in [3.05, 3.63) is 82.1 Å². The molecule has 0 fully saturated rings. The van der Waals surface area contributed by atoms with Gasteiger partial charge in [-0.05, 0) is 42.2 Å². The van der Waals surface area contributed by atoms with Gasteiger partial charge in [-0.1, -0.05) is 35.9 Å². The molecule has 1 heterocycles. The Labute approximate surface area is 172 Å². The van der Waals surface area contributed by atoms with Crippen molar-refractivity contribution in [3.63, 3.8) is 0 Å². The number of amides is 1. The number of para-hydroxylation sites is 1. The molecule has 7 heteroatoms. The number of rotatable bonds is 4. The van der Waals surface area contributed by atoms with Crippen LogP contribution in [-0.4, -0.2) is 28.8 Å². The molecule has 0 radical (unpaired) electrons. The predicted molar refractivity (Wildman–Crippen MR) is 110 cm³/mol. The number of nitrogens with one attached hydrogen (secondary N) is 1. The first-order chi connectivity index (χ1) is 14.0. The number of halogens is 1. The number of methoxy groups -OCH3 is 1. The second-order valence-corrected chi connectivity index (χ2v) is 7.23. The number of aromatic nitrogens is 2. The highest BCUT2D eigenvalue weighted by molar-refractivity contribution is 6.30. The number of nitrogens with zero attached hydrogens (tertiary/aromatic N) is 2. The molecular formula is C22H18ClN3O3. The number of carbonyl (C=O) groups excluding carboxylic acids is 2. The lowest BCUT2D eigenvalue weighted by Gasteiger charge is -2.23. The number of Topliss-reactive ketones (excluding diaryl/α,β-unsaturated/α-hetero) is 1. The van der Waals surface area contributed by atoms with Crippen molar-refractivity contribution in [1.29, 1.82) is 0 Å². The van der Waals surface area contributed by atoms with Crippen molar-refractivity contribution >= 4 is 29.2 Å². The highest BCUT2D eigenvalue weighted by Gasteiger charge is 2.28. The fourth-order valence-corrected chi connectivity index (χ4v) is 3.70. The third-order valence-corrected chi connectivity index (χ3v) is 5.17. The van der Waals surface area contributed by atoms with Gasteiger partial charge in [-0.15, -0.1) is 0 Å². The number of ketones is 1. The predicted octanol–water partition coefficient (Wildman–Crippen LogP) is 4.30. The van der Waals surface area contributed by atoms with Gasteiger partial charge in [-0.2, -0.15) is 0 Å². The number of hydrogen-bond acceptors (Lipinski definition) is 5. The van der Waals surface area contributed by atoms with E-state index in [0.717, 1.165) is 5.56 Å². The van der Waals surface area contributed by atoms with Crippen LogP contribution < -0.4 is 10.1 Å². The van der Waals surface area contributed by atoms with E-state index in [-0.39, 0.29) is 23.6 Å². The largest absolute Gasteiger partial charge is 0.496 e. The first-order valence-corrected chi connectivity index (χ1v) is 9.52. The highest BCUT2D eigenvalue weighted by atomic mass is 35.5. The minimum Gasteiger partial charge on any atom is -0.496 e. The van der Waals surface area contributed by atoms with Gasteiger partial charge in [0.15, 0.2) is 5.78 Å². The topological polar surface area (TPSA) is 81.2 Å². The normalized spacial score (nSPS) is 15.5. The summed E-state index contributed by atoms with van der Waals surface area (Å²) < 4.78 is 5.22. The molecule has 0 spiro atoms. The van der Waals surface area contributed by atoms with Crippen LogP contribution in [0, 0.1) is 0 Å². The van der Waals surface area contributed by atoms with Gasteiger partial charge in [0.05, 0.1) is 23.9 Å². The summed E-state index contributed by atoms with van der Waals surface area (Å²) in [6.45, 7) is 0. The summed E-state index contributed by atoms with van der Waals surface area (Å²) >= 11 is 6.10. The van der Waals surface area contributed by atoms with Crippen LogP contribution in [0.5, 0.6) is 5.75 Å². The van der Waals surface area contributed by atoms with Crippen LogP contribution in [0.15, 0.2) is 54.7 Å². The summed E-state index contributed by atoms with van der Waals surface area (Å²) in [4.78, 5) is 33.8. The molecule has 1 amide bonds. The monoisotopic (exact) mass is 407 g/mol. The second kappa shape index (κ2) is 8.01. The quantitative estimate of drug-likeness (QED) is 0.697. The zero-order valence-corrected chi connectivity index (χ0v) is 16.4. The minimum absolute atomic E-state index is 0.0126. The van der Waals surface area contributed by atoms with Crippen LogP contribution in [0.4, 0.5) is 5.95 Å². The molecule has 2 aromatic carbocycles. The van der Waals surface area contributed by atoms with Crippen molar-refractivity contribution < 1.29 is 14.3 Å². The molecule has 1 aliphatic carbocycles. The average molecular weight is 408 g/mol. The lowest BCUT2D eigenvalue weighted by molar-refractivity contribution is 0.0962. The number of ether oxygens (including phenoxy) is 1. The van der Waals surface area contributed by atoms with E-state index in [1.807, 2.05) is 18.2 Å². The third kappa shape index (κ3) is 3.98. The van der Waals surface area contributed by atoms with Gasteiger partial charge in [0.1, 0.15) is 5.75 Å². The number of fused-ring (bicyclic) bond motifs is 1. The molecule has 3 aromatic rings. The fraction of sp³-hybridized carbons (Fsp3) is 0.182. The van der Waals surface area contributed by atoms with Crippen molar-refractivity contribution in [2.24, 2.45) is 0 Å². The number of carbonyl (C=O) groups is 2. The Morgan fingerprint density at radius 2 is 2.00 bits per heavy atom. The second-order valence-electron chi connectivity index (χ2n) is 6.79. The highest BCUT2D eigenvalue weighted by Crippen LogP contribution is 2.33.